The van der Waals surface area contributed by atoms with Crippen LogP contribution in [0.5, 0.6) is 5.75 Å². The maximum atomic E-state index is 11.2. The van der Waals surface area contributed by atoms with Gasteiger partial charge in [-0.1, -0.05) is 48.5 Å². The molecule has 5 heteroatoms. The van der Waals surface area contributed by atoms with Crippen LogP contribution in [0.25, 0.3) is 21.5 Å². The van der Waals surface area contributed by atoms with Gasteiger partial charge in [0.2, 0.25) is 0 Å². The Hall–Kier alpha value is -1.87. The van der Waals surface area contributed by atoms with E-state index in [9.17, 15) is 4.57 Å². The van der Waals surface area contributed by atoms with E-state index in [1.165, 1.54) is 0 Å². The first-order valence-corrected chi connectivity index (χ1v) is 7.23. The molecule has 0 fully saturated rings. The highest BCUT2D eigenvalue weighted by molar-refractivity contribution is 7.46. The van der Waals surface area contributed by atoms with Gasteiger partial charge >= 0.3 is 7.82 Å². The van der Waals surface area contributed by atoms with E-state index in [1.54, 1.807) is 12.1 Å². The molecule has 3 aromatic carbocycles. The van der Waals surface area contributed by atoms with E-state index in [2.05, 4.69) is 0 Å². The van der Waals surface area contributed by atoms with Crippen molar-refractivity contribution in [1.29, 1.82) is 0 Å². The lowest BCUT2D eigenvalue weighted by atomic mass is 10.0. The number of hydrogen-bond acceptors (Lipinski definition) is 2. The van der Waals surface area contributed by atoms with Crippen LogP contribution in [-0.2, 0) is 4.57 Å². The lowest BCUT2D eigenvalue weighted by Crippen LogP contribution is -1.92. The minimum atomic E-state index is -4.60. The van der Waals surface area contributed by atoms with Crippen molar-refractivity contribution in [2.24, 2.45) is 0 Å². The van der Waals surface area contributed by atoms with Crippen molar-refractivity contribution in [1.82, 2.24) is 0 Å². The van der Waals surface area contributed by atoms with Gasteiger partial charge in [-0.15, -0.1) is 0 Å². The van der Waals surface area contributed by atoms with Gasteiger partial charge in [-0.25, -0.2) is 4.57 Å². The van der Waals surface area contributed by atoms with Gasteiger partial charge in [-0.05, 0) is 16.8 Å². The summed E-state index contributed by atoms with van der Waals surface area (Å²) in [7, 11) is -4.60. The molecular formula is C14H11O4P. The molecular weight excluding hydrogens is 263 g/mol. The lowest BCUT2D eigenvalue weighted by molar-refractivity contribution is 0.285. The third-order valence-corrected chi connectivity index (χ3v) is 3.35. The maximum absolute atomic E-state index is 11.2. The topological polar surface area (TPSA) is 66.8 Å². The molecule has 4 nitrogen and oxygen atoms in total. The zero-order chi connectivity index (χ0) is 13.5. The number of benzene rings is 3. The normalized spacial score (nSPS) is 11.9. The second-order valence-corrected chi connectivity index (χ2v) is 5.39. The first kappa shape index (κ1) is 12.2. The Bertz CT molecular complexity index is 753. The van der Waals surface area contributed by atoms with Gasteiger partial charge in [-0.2, -0.15) is 0 Å². The Labute approximate surface area is 109 Å². The molecule has 0 amide bonds. The lowest BCUT2D eigenvalue weighted by Gasteiger charge is -2.13. The molecule has 0 bridgehead atoms. The van der Waals surface area contributed by atoms with Crippen LogP contribution in [0.3, 0.4) is 0 Å². The van der Waals surface area contributed by atoms with Crippen molar-refractivity contribution in [2.45, 2.75) is 0 Å². The SMILES string of the molecule is O=P(O)(O)Oc1c2ccccc2cc2ccccc12. The minimum Gasteiger partial charge on any atom is -0.403 e. The Morgan fingerprint density at radius 1 is 0.842 bits per heavy atom. The summed E-state index contributed by atoms with van der Waals surface area (Å²) in [5, 5.41) is 3.13. The van der Waals surface area contributed by atoms with Crippen molar-refractivity contribution >= 4 is 29.4 Å². The third-order valence-electron chi connectivity index (χ3n) is 2.93. The number of hydrogen-bond donors (Lipinski definition) is 2. The fraction of sp³-hybridized carbons (Fsp3) is 0. The van der Waals surface area contributed by atoms with Crippen LogP contribution in [-0.4, -0.2) is 9.79 Å². The molecule has 0 unspecified atom stereocenters. The highest BCUT2D eigenvalue weighted by Crippen LogP contribution is 2.44. The molecule has 19 heavy (non-hydrogen) atoms. The van der Waals surface area contributed by atoms with Gasteiger partial charge in [-0.3, -0.25) is 9.79 Å². The van der Waals surface area contributed by atoms with Crippen LogP contribution in [0.15, 0.2) is 54.6 Å². The van der Waals surface area contributed by atoms with Gasteiger partial charge in [0.05, 0.1) is 0 Å². The molecule has 0 aliphatic carbocycles. The summed E-state index contributed by atoms with van der Waals surface area (Å²) in [6.45, 7) is 0. The molecule has 0 aromatic heterocycles. The van der Waals surface area contributed by atoms with Crippen LogP contribution in [0.1, 0.15) is 0 Å². The van der Waals surface area contributed by atoms with Crippen molar-refractivity contribution in [3.63, 3.8) is 0 Å². The van der Waals surface area contributed by atoms with E-state index in [1.807, 2.05) is 42.5 Å². The average molecular weight is 274 g/mol. The Balaban J connectivity index is 2.43. The Morgan fingerprint density at radius 3 is 1.79 bits per heavy atom. The van der Waals surface area contributed by atoms with Crippen molar-refractivity contribution < 1.29 is 18.9 Å². The fourth-order valence-corrected chi connectivity index (χ4v) is 2.62. The van der Waals surface area contributed by atoms with Crippen LogP contribution in [0.4, 0.5) is 0 Å². The molecule has 3 aromatic rings. The first-order valence-electron chi connectivity index (χ1n) is 5.70. The fourth-order valence-electron chi connectivity index (χ4n) is 2.19. The molecule has 2 N–H and O–H groups in total. The summed E-state index contributed by atoms with van der Waals surface area (Å²) in [5.74, 6) is 0.224. The zero-order valence-electron chi connectivity index (χ0n) is 9.85. The van der Waals surface area contributed by atoms with Crippen molar-refractivity contribution in [3.05, 3.63) is 54.6 Å². The Kier molecular flexibility index (Phi) is 2.79. The molecule has 96 valence electrons. The van der Waals surface area contributed by atoms with Crippen molar-refractivity contribution in [2.75, 3.05) is 0 Å². The smallest absolute Gasteiger partial charge is 0.403 e. The van der Waals surface area contributed by atoms with Gasteiger partial charge in [0.25, 0.3) is 0 Å². The number of fused-ring (bicyclic) bond motifs is 2. The van der Waals surface area contributed by atoms with Gasteiger partial charge < -0.3 is 4.52 Å². The van der Waals surface area contributed by atoms with E-state index in [-0.39, 0.29) is 5.75 Å². The zero-order valence-corrected chi connectivity index (χ0v) is 10.7. The van der Waals surface area contributed by atoms with E-state index < -0.39 is 7.82 Å². The molecule has 0 radical (unpaired) electrons. The molecule has 0 aliphatic heterocycles. The number of phosphoric ester groups is 1. The predicted octanol–water partition coefficient (Wildman–Crippen LogP) is 3.46. The van der Waals surface area contributed by atoms with Crippen LogP contribution < -0.4 is 4.52 Å². The quantitative estimate of drug-likeness (QED) is 0.554. The average Bonchev–Trinajstić information content (AvgIpc) is 2.37. The molecule has 0 spiro atoms. The van der Waals surface area contributed by atoms with E-state index >= 15 is 0 Å². The number of phosphoric acid groups is 1. The van der Waals surface area contributed by atoms with Crippen LogP contribution >= 0.6 is 7.82 Å². The first-order chi connectivity index (χ1) is 9.04. The molecule has 0 saturated heterocycles. The highest BCUT2D eigenvalue weighted by Gasteiger charge is 2.19. The summed E-state index contributed by atoms with van der Waals surface area (Å²) >= 11 is 0. The van der Waals surface area contributed by atoms with E-state index in [4.69, 9.17) is 14.3 Å². The van der Waals surface area contributed by atoms with Gasteiger partial charge in [0.1, 0.15) is 5.75 Å². The monoisotopic (exact) mass is 274 g/mol. The van der Waals surface area contributed by atoms with E-state index in [0.29, 0.717) is 10.8 Å². The van der Waals surface area contributed by atoms with Gasteiger partial charge in [0.15, 0.2) is 0 Å². The summed E-state index contributed by atoms with van der Waals surface area (Å²) < 4.78 is 16.1. The largest absolute Gasteiger partial charge is 0.524 e. The summed E-state index contributed by atoms with van der Waals surface area (Å²) in [6, 6.07) is 16.7. The van der Waals surface area contributed by atoms with E-state index in [0.717, 1.165) is 10.8 Å². The van der Waals surface area contributed by atoms with Crippen molar-refractivity contribution in [3.8, 4) is 5.75 Å². The maximum Gasteiger partial charge on any atom is 0.524 e. The second-order valence-electron chi connectivity index (χ2n) is 4.23. The highest BCUT2D eigenvalue weighted by atomic mass is 31.2. The molecule has 0 aliphatic rings. The molecule has 3 rings (SSSR count). The number of rotatable bonds is 2. The summed E-state index contributed by atoms with van der Waals surface area (Å²) in [5.41, 5.74) is 0. The second kappa shape index (κ2) is 4.35. The predicted molar refractivity (Wildman–Crippen MR) is 74.1 cm³/mol. The summed E-state index contributed by atoms with van der Waals surface area (Å²) in [6.07, 6.45) is 0. The van der Waals surface area contributed by atoms with Crippen LogP contribution in [0.2, 0.25) is 0 Å². The Morgan fingerprint density at radius 2 is 1.32 bits per heavy atom. The third kappa shape index (κ3) is 2.34. The van der Waals surface area contributed by atoms with Gasteiger partial charge in [0, 0.05) is 10.8 Å². The van der Waals surface area contributed by atoms with Crippen LogP contribution in [0, 0.1) is 0 Å². The molecule has 0 saturated carbocycles. The standard InChI is InChI=1S/C14H11O4P/c15-19(16,17)18-14-12-7-3-1-5-10(12)9-11-6-2-4-8-13(11)14/h1-9H,(H2,15,16,17). The molecule has 0 heterocycles. The molecule has 0 atom stereocenters. The minimum absolute atomic E-state index is 0.224. The summed E-state index contributed by atoms with van der Waals surface area (Å²) in [4.78, 5) is 18.2.